The molecule has 4 unspecified atom stereocenters. The highest BCUT2D eigenvalue weighted by Crippen LogP contribution is 2.52. The van der Waals surface area contributed by atoms with Crippen LogP contribution < -0.4 is 10.6 Å². The third-order valence-electron chi connectivity index (χ3n) is 6.98. The second-order valence-corrected chi connectivity index (χ2v) is 8.63. The molecule has 4 rings (SSSR count). The van der Waals surface area contributed by atoms with Gasteiger partial charge in [-0.25, -0.2) is 0 Å². The monoisotopic (exact) mass is 388 g/mol. The summed E-state index contributed by atoms with van der Waals surface area (Å²) < 4.78 is 5.49. The van der Waals surface area contributed by atoms with Gasteiger partial charge >= 0.3 is 0 Å². The lowest BCUT2D eigenvalue weighted by Gasteiger charge is -2.20. The zero-order valence-electron chi connectivity index (χ0n) is 16.9. The molecular weight excluding hydrogens is 356 g/mol. The van der Waals surface area contributed by atoms with Gasteiger partial charge in [-0.3, -0.25) is 19.5 Å². The molecule has 154 valence electrons. The Bertz CT molecular complexity index is 655. The van der Waals surface area contributed by atoms with Crippen molar-refractivity contribution >= 4 is 17.8 Å². The van der Waals surface area contributed by atoms with E-state index < -0.39 is 0 Å². The van der Waals surface area contributed by atoms with E-state index in [1.54, 1.807) is 7.05 Å². The van der Waals surface area contributed by atoms with Gasteiger partial charge in [-0.2, -0.15) is 0 Å². The van der Waals surface area contributed by atoms with Crippen molar-refractivity contribution in [3.63, 3.8) is 0 Å². The Balaban J connectivity index is 1.21. The molecule has 0 aromatic carbocycles. The smallest absolute Gasteiger partial charge is 0.233 e. The number of amides is 2. The number of ether oxygens (including phenoxy) is 1. The van der Waals surface area contributed by atoms with Crippen LogP contribution in [-0.4, -0.2) is 62.6 Å². The van der Waals surface area contributed by atoms with E-state index in [0.717, 1.165) is 38.6 Å². The molecule has 7 heteroatoms. The zero-order chi connectivity index (χ0) is 19.7. The van der Waals surface area contributed by atoms with Crippen LogP contribution in [0.25, 0.3) is 0 Å². The van der Waals surface area contributed by atoms with Crippen LogP contribution in [0.2, 0.25) is 0 Å². The van der Waals surface area contributed by atoms with Crippen molar-refractivity contribution < 1.29 is 14.3 Å². The van der Waals surface area contributed by atoms with Crippen LogP contribution in [0.15, 0.2) is 17.1 Å². The number of nitrogens with zero attached hydrogens (tertiary/aromatic N) is 2. The maximum Gasteiger partial charge on any atom is 0.233 e. The number of aliphatic imine (C=N–C) groups is 1. The Morgan fingerprint density at radius 3 is 2.46 bits per heavy atom. The molecule has 2 saturated carbocycles. The molecule has 1 aliphatic heterocycles. The molecule has 0 radical (unpaired) electrons. The topological polar surface area (TPSA) is 83.0 Å². The van der Waals surface area contributed by atoms with Gasteiger partial charge in [0.25, 0.3) is 0 Å². The number of hydrogen-bond acceptors (Lipinski definition) is 4. The minimum Gasteiger partial charge on any atom is -0.382 e. The van der Waals surface area contributed by atoms with E-state index in [4.69, 9.17) is 4.74 Å². The predicted octanol–water partition coefficient (Wildman–Crippen LogP) is 1.17. The first-order valence-corrected chi connectivity index (χ1v) is 10.6. The van der Waals surface area contributed by atoms with Gasteiger partial charge in [0.05, 0.1) is 11.8 Å². The molecule has 7 nitrogen and oxygen atoms in total. The maximum absolute atomic E-state index is 12.7. The summed E-state index contributed by atoms with van der Waals surface area (Å²) in [6.07, 6.45) is 8.74. The number of guanidine groups is 1. The van der Waals surface area contributed by atoms with Crippen LogP contribution in [0.1, 0.15) is 32.6 Å². The third kappa shape index (κ3) is 3.56. The molecule has 4 atom stereocenters. The van der Waals surface area contributed by atoms with Crippen molar-refractivity contribution in [3.8, 4) is 0 Å². The number of likely N-dealkylation sites (tertiary alicyclic amines) is 1. The Labute approximate surface area is 167 Å². The predicted molar refractivity (Wildman–Crippen MR) is 107 cm³/mol. The first kappa shape index (κ1) is 19.4. The molecule has 4 aliphatic rings. The van der Waals surface area contributed by atoms with Crippen LogP contribution in [0.3, 0.4) is 0 Å². The number of allylic oxidation sites excluding steroid dienone is 2. The molecule has 2 bridgehead atoms. The Morgan fingerprint density at radius 1 is 1.21 bits per heavy atom. The van der Waals surface area contributed by atoms with Crippen LogP contribution in [0.4, 0.5) is 0 Å². The summed E-state index contributed by atoms with van der Waals surface area (Å²) in [5.41, 5.74) is 0.331. The summed E-state index contributed by atoms with van der Waals surface area (Å²) in [4.78, 5) is 31.2. The van der Waals surface area contributed by atoms with Crippen molar-refractivity contribution in [2.75, 3.05) is 39.9 Å². The highest BCUT2D eigenvalue weighted by Gasteiger charge is 2.58. The molecule has 3 aliphatic carbocycles. The standard InChI is InChI=1S/C21H32N4O3/c1-3-28-11-8-21(6-7-21)13-24-20(22-2)23-9-10-25-18(26)16-14-4-5-15(12-14)17(16)19(25)27/h4-5,14-17H,3,6-13H2,1-2H3,(H2,22,23,24). The van der Waals surface area contributed by atoms with E-state index in [1.165, 1.54) is 17.7 Å². The van der Waals surface area contributed by atoms with Crippen molar-refractivity contribution in [2.45, 2.75) is 32.6 Å². The van der Waals surface area contributed by atoms with Gasteiger partial charge in [-0.05, 0) is 49.9 Å². The van der Waals surface area contributed by atoms with Crippen molar-refractivity contribution in [1.29, 1.82) is 0 Å². The number of carbonyl (C=O) groups excluding carboxylic acids is 2. The lowest BCUT2D eigenvalue weighted by Crippen LogP contribution is -2.45. The largest absolute Gasteiger partial charge is 0.382 e. The molecule has 1 saturated heterocycles. The second kappa shape index (κ2) is 7.85. The molecule has 28 heavy (non-hydrogen) atoms. The Morgan fingerprint density at radius 2 is 1.89 bits per heavy atom. The summed E-state index contributed by atoms with van der Waals surface area (Å²) in [6, 6.07) is 0. The van der Waals surface area contributed by atoms with E-state index in [0.29, 0.717) is 18.5 Å². The average Bonchev–Trinajstić information content (AvgIpc) is 3.05. The van der Waals surface area contributed by atoms with Gasteiger partial charge in [0, 0.05) is 39.9 Å². The highest BCUT2D eigenvalue weighted by atomic mass is 16.5. The first-order valence-electron chi connectivity index (χ1n) is 10.6. The van der Waals surface area contributed by atoms with E-state index in [1.807, 2.05) is 6.92 Å². The Hall–Kier alpha value is -1.89. The second-order valence-electron chi connectivity index (χ2n) is 8.63. The minimum atomic E-state index is -0.111. The van der Waals surface area contributed by atoms with Crippen LogP contribution >= 0.6 is 0 Å². The third-order valence-corrected chi connectivity index (χ3v) is 6.98. The van der Waals surface area contributed by atoms with Crippen molar-refractivity contribution in [2.24, 2.45) is 34.1 Å². The van der Waals surface area contributed by atoms with E-state index in [9.17, 15) is 9.59 Å². The number of hydrogen-bond donors (Lipinski definition) is 2. The molecule has 0 aromatic rings. The quantitative estimate of drug-likeness (QED) is 0.204. The van der Waals surface area contributed by atoms with Gasteiger partial charge in [0.15, 0.2) is 5.96 Å². The maximum atomic E-state index is 12.7. The molecule has 0 aromatic heterocycles. The molecule has 1 heterocycles. The molecule has 3 fully saturated rings. The summed E-state index contributed by atoms with van der Waals surface area (Å²) in [5, 5.41) is 6.65. The van der Waals surface area contributed by atoms with E-state index >= 15 is 0 Å². The van der Waals surface area contributed by atoms with Gasteiger partial charge in [0.2, 0.25) is 11.8 Å². The lowest BCUT2D eigenvalue weighted by atomic mass is 9.85. The SMILES string of the molecule is CCOCCC1(CNC(=NC)NCCN2C(=O)C3C4C=CC(C4)C3C2=O)CC1. The van der Waals surface area contributed by atoms with E-state index in [2.05, 4.69) is 27.8 Å². The summed E-state index contributed by atoms with van der Waals surface area (Å²) in [7, 11) is 1.75. The fraction of sp³-hybridized carbons (Fsp3) is 0.762. The van der Waals surface area contributed by atoms with Crippen LogP contribution in [0.5, 0.6) is 0 Å². The number of imide groups is 1. The lowest BCUT2D eigenvalue weighted by molar-refractivity contribution is -0.140. The van der Waals surface area contributed by atoms with Gasteiger partial charge in [0.1, 0.15) is 0 Å². The van der Waals surface area contributed by atoms with Gasteiger partial charge in [-0.15, -0.1) is 0 Å². The van der Waals surface area contributed by atoms with Crippen molar-refractivity contribution in [1.82, 2.24) is 15.5 Å². The first-order chi connectivity index (χ1) is 13.6. The summed E-state index contributed by atoms with van der Waals surface area (Å²) >= 11 is 0. The van der Waals surface area contributed by atoms with Crippen LogP contribution in [-0.2, 0) is 14.3 Å². The normalized spacial score (nSPS) is 32.2. The number of carbonyl (C=O) groups is 2. The fourth-order valence-electron chi connectivity index (χ4n) is 5.09. The number of fused-ring (bicyclic) bond motifs is 5. The summed E-state index contributed by atoms with van der Waals surface area (Å²) in [6.45, 7) is 5.39. The Kier molecular flexibility index (Phi) is 5.45. The fourth-order valence-corrected chi connectivity index (χ4v) is 5.09. The average molecular weight is 389 g/mol. The summed E-state index contributed by atoms with van der Waals surface area (Å²) in [5.74, 6) is 1.08. The molecule has 2 amide bonds. The molecule has 0 spiro atoms. The van der Waals surface area contributed by atoms with Gasteiger partial charge in [-0.1, -0.05) is 12.2 Å². The molecule has 2 N–H and O–H groups in total. The van der Waals surface area contributed by atoms with Crippen LogP contribution in [0, 0.1) is 29.1 Å². The number of rotatable bonds is 9. The van der Waals surface area contributed by atoms with E-state index in [-0.39, 0.29) is 35.5 Å². The van der Waals surface area contributed by atoms with Crippen molar-refractivity contribution in [3.05, 3.63) is 12.2 Å². The zero-order valence-corrected chi connectivity index (χ0v) is 16.9. The number of nitrogens with one attached hydrogen (secondary N) is 2. The molecular formula is C21H32N4O3. The van der Waals surface area contributed by atoms with Gasteiger partial charge < -0.3 is 15.4 Å². The minimum absolute atomic E-state index is 0.0180. The highest BCUT2D eigenvalue weighted by molar-refractivity contribution is 6.06.